The van der Waals surface area contributed by atoms with Crippen LogP contribution in [0.1, 0.15) is 18.6 Å². The van der Waals surface area contributed by atoms with E-state index in [2.05, 4.69) is 5.32 Å². The van der Waals surface area contributed by atoms with Gasteiger partial charge >= 0.3 is 0 Å². The molecular weight excluding hydrogens is 166 g/mol. The number of nitrogens with one attached hydrogen (secondary N) is 1. The summed E-state index contributed by atoms with van der Waals surface area (Å²) in [6, 6.07) is 3.83. The largest absolute Gasteiger partial charge is 0.467 e. The highest BCUT2D eigenvalue weighted by molar-refractivity contribution is 4.96. The average molecular weight is 181 g/mol. The second-order valence-electron chi connectivity index (χ2n) is 3.36. The molecule has 0 amide bonds. The fourth-order valence-electron chi connectivity index (χ4n) is 1.56. The summed E-state index contributed by atoms with van der Waals surface area (Å²) in [5.41, 5.74) is 0. The van der Waals surface area contributed by atoms with Crippen molar-refractivity contribution in [2.24, 2.45) is 0 Å². The van der Waals surface area contributed by atoms with E-state index in [1.54, 1.807) is 6.26 Å². The molecule has 0 bridgehead atoms. The van der Waals surface area contributed by atoms with Crippen molar-refractivity contribution in [3.05, 3.63) is 24.2 Å². The second kappa shape index (κ2) is 4.44. The predicted molar refractivity (Wildman–Crippen MR) is 49.4 cm³/mol. The predicted octanol–water partition coefficient (Wildman–Crippen LogP) is 1.55. The minimum atomic E-state index is 0.360. The molecule has 1 aliphatic heterocycles. The van der Waals surface area contributed by atoms with Crippen LogP contribution in [0.4, 0.5) is 0 Å². The quantitative estimate of drug-likeness (QED) is 0.768. The lowest BCUT2D eigenvalue weighted by Crippen LogP contribution is -2.35. The maximum Gasteiger partial charge on any atom is 0.129 e. The van der Waals surface area contributed by atoms with Gasteiger partial charge in [-0.3, -0.25) is 0 Å². The maximum absolute atomic E-state index is 5.67. The molecular formula is C10H15NO2. The molecule has 1 atom stereocenters. The summed E-state index contributed by atoms with van der Waals surface area (Å²) in [5, 5.41) is 3.31. The molecule has 3 heteroatoms. The molecule has 2 heterocycles. The maximum atomic E-state index is 5.67. The van der Waals surface area contributed by atoms with Crippen molar-refractivity contribution in [1.29, 1.82) is 0 Å². The number of hydrogen-bond donors (Lipinski definition) is 1. The van der Waals surface area contributed by atoms with E-state index < -0.39 is 0 Å². The molecule has 1 aromatic heterocycles. The first-order valence-electron chi connectivity index (χ1n) is 4.80. The van der Waals surface area contributed by atoms with Crippen LogP contribution < -0.4 is 5.32 Å². The van der Waals surface area contributed by atoms with Gasteiger partial charge in [-0.15, -0.1) is 0 Å². The zero-order chi connectivity index (χ0) is 8.93. The molecule has 0 spiro atoms. The van der Waals surface area contributed by atoms with E-state index in [1.165, 1.54) is 6.42 Å². The van der Waals surface area contributed by atoms with Crippen LogP contribution in [0.3, 0.4) is 0 Å². The Hall–Kier alpha value is -0.800. The highest BCUT2D eigenvalue weighted by Crippen LogP contribution is 2.09. The summed E-state index contributed by atoms with van der Waals surface area (Å²) in [6.45, 7) is 2.70. The van der Waals surface area contributed by atoms with E-state index in [9.17, 15) is 0 Å². The van der Waals surface area contributed by atoms with Crippen molar-refractivity contribution < 1.29 is 9.15 Å². The standard InChI is InChI=1S/C10H15NO2/c1-3-9(7-11-5-1)13-8-10-4-2-6-12-10/h2,4,6,9,11H,1,3,5,7-8H2. The molecule has 72 valence electrons. The summed E-state index contributed by atoms with van der Waals surface area (Å²) >= 11 is 0. The van der Waals surface area contributed by atoms with Gasteiger partial charge in [0, 0.05) is 6.54 Å². The molecule has 1 N–H and O–H groups in total. The Morgan fingerprint density at radius 2 is 2.62 bits per heavy atom. The molecule has 0 aromatic carbocycles. The summed E-state index contributed by atoms with van der Waals surface area (Å²) in [7, 11) is 0. The van der Waals surface area contributed by atoms with Crippen molar-refractivity contribution in [3.63, 3.8) is 0 Å². The SMILES string of the molecule is c1coc(COC2CCCNC2)c1. The molecule has 1 fully saturated rings. The summed E-state index contributed by atoms with van der Waals surface area (Å²) < 4.78 is 10.9. The van der Waals surface area contributed by atoms with Crippen molar-refractivity contribution in [2.75, 3.05) is 13.1 Å². The summed E-state index contributed by atoms with van der Waals surface area (Å²) in [5.74, 6) is 0.908. The van der Waals surface area contributed by atoms with E-state index in [0.29, 0.717) is 12.7 Å². The van der Waals surface area contributed by atoms with Gasteiger partial charge < -0.3 is 14.5 Å². The van der Waals surface area contributed by atoms with Crippen LogP contribution in [0, 0.1) is 0 Å². The summed E-state index contributed by atoms with van der Waals surface area (Å²) in [6.07, 6.45) is 4.41. The molecule has 1 saturated heterocycles. The van der Waals surface area contributed by atoms with Gasteiger partial charge in [-0.1, -0.05) is 0 Å². The zero-order valence-corrected chi connectivity index (χ0v) is 7.66. The fraction of sp³-hybridized carbons (Fsp3) is 0.600. The normalized spacial score (nSPS) is 23.2. The van der Waals surface area contributed by atoms with Crippen LogP contribution in [0.5, 0.6) is 0 Å². The lowest BCUT2D eigenvalue weighted by Gasteiger charge is -2.22. The molecule has 1 unspecified atom stereocenters. The van der Waals surface area contributed by atoms with Gasteiger partial charge in [-0.25, -0.2) is 0 Å². The number of piperidine rings is 1. The van der Waals surface area contributed by atoms with Crippen molar-refractivity contribution in [3.8, 4) is 0 Å². The van der Waals surface area contributed by atoms with Gasteiger partial charge in [0.1, 0.15) is 12.4 Å². The second-order valence-corrected chi connectivity index (χ2v) is 3.36. The van der Waals surface area contributed by atoms with Crippen molar-refractivity contribution >= 4 is 0 Å². The van der Waals surface area contributed by atoms with E-state index >= 15 is 0 Å². The van der Waals surface area contributed by atoms with Crippen LogP contribution in [-0.4, -0.2) is 19.2 Å². The third kappa shape index (κ3) is 2.57. The van der Waals surface area contributed by atoms with Gasteiger partial charge in [0.15, 0.2) is 0 Å². The Morgan fingerprint density at radius 3 is 3.31 bits per heavy atom. The van der Waals surface area contributed by atoms with Crippen LogP contribution in [0.15, 0.2) is 22.8 Å². The Balaban J connectivity index is 1.72. The van der Waals surface area contributed by atoms with Crippen molar-refractivity contribution in [2.45, 2.75) is 25.6 Å². The third-order valence-electron chi connectivity index (χ3n) is 2.29. The van der Waals surface area contributed by atoms with Crippen molar-refractivity contribution in [1.82, 2.24) is 5.32 Å². The molecule has 0 saturated carbocycles. The fourth-order valence-corrected chi connectivity index (χ4v) is 1.56. The molecule has 0 radical (unpaired) electrons. The number of ether oxygens (including phenoxy) is 1. The highest BCUT2D eigenvalue weighted by atomic mass is 16.5. The lowest BCUT2D eigenvalue weighted by molar-refractivity contribution is 0.0168. The first-order valence-corrected chi connectivity index (χ1v) is 4.80. The average Bonchev–Trinajstić information content (AvgIpc) is 2.69. The molecule has 3 nitrogen and oxygen atoms in total. The smallest absolute Gasteiger partial charge is 0.129 e. The first kappa shape index (κ1) is 8.78. The number of furan rings is 1. The zero-order valence-electron chi connectivity index (χ0n) is 7.66. The topological polar surface area (TPSA) is 34.4 Å². The molecule has 13 heavy (non-hydrogen) atoms. The monoisotopic (exact) mass is 181 g/mol. The Labute approximate surface area is 78.1 Å². The Kier molecular flexibility index (Phi) is 3.00. The van der Waals surface area contributed by atoms with E-state index in [1.807, 2.05) is 12.1 Å². The molecule has 1 aliphatic rings. The summed E-state index contributed by atoms with van der Waals surface area (Å²) in [4.78, 5) is 0. The minimum absolute atomic E-state index is 0.360. The van der Waals surface area contributed by atoms with E-state index in [-0.39, 0.29) is 0 Å². The van der Waals surface area contributed by atoms with Crippen LogP contribution in [0.2, 0.25) is 0 Å². The van der Waals surface area contributed by atoms with Gasteiger partial charge in [0.2, 0.25) is 0 Å². The van der Waals surface area contributed by atoms with Crippen LogP contribution >= 0.6 is 0 Å². The Morgan fingerprint density at radius 1 is 1.62 bits per heavy atom. The molecule has 2 rings (SSSR count). The van der Waals surface area contributed by atoms with Gasteiger partial charge in [-0.05, 0) is 31.5 Å². The Bertz CT molecular complexity index is 227. The lowest BCUT2D eigenvalue weighted by atomic mass is 10.1. The van der Waals surface area contributed by atoms with Crippen LogP contribution in [0.25, 0.3) is 0 Å². The minimum Gasteiger partial charge on any atom is -0.467 e. The third-order valence-corrected chi connectivity index (χ3v) is 2.29. The van der Waals surface area contributed by atoms with Gasteiger partial charge in [0.25, 0.3) is 0 Å². The first-order chi connectivity index (χ1) is 6.45. The van der Waals surface area contributed by atoms with E-state index in [0.717, 1.165) is 25.3 Å². The van der Waals surface area contributed by atoms with Crippen LogP contribution in [-0.2, 0) is 11.3 Å². The van der Waals surface area contributed by atoms with Gasteiger partial charge in [0.05, 0.1) is 12.4 Å². The van der Waals surface area contributed by atoms with Gasteiger partial charge in [-0.2, -0.15) is 0 Å². The number of hydrogen-bond acceptors (Lipinski definition) is 3. The van der Waals surface area contributed by atoms with E-state index in [4.69, 9.17) is 9.15 Å². The molecule has 0 aliphatic carbocycles. The number of rotatable bonds is 3. The highest BCUT2D eigenvalue weighted by Gasteiger charge is 2.13. The molecule has 1 aromatic rings.